The molecule has 0 saturated heterocycles. The molecule has 0 atom stereocenters. The van der Waals surface area contributed by atoms with Crippen LogP contribution in [0.5, 0.6) is 0 Å². The van der Waals surface area contributed by atoms with Crippen LogP contribution >= 0.6 is 0 Å². The van der Waals surface area contributed by atoms with Crippen LogP contribution in [-0.4, -0.2) is 5.91 Å². The van der Waals surface area contributed by atoms with E-state index in [4.69, 9.17) is 0 Å². The molecule has 128 valence electrons. The van der Waals surface area contributed by atoms with Crippen LogP contribution in [-0.2, 0) is 12.6 Å². The van der Waals surface area contributed by atoms with Crippen molar-refractivity contribution in [2.45, 2.75) is 39.3 Å². The van der Waals surface area contributed by atoms with Crippen molar-refractivity contribution in [1.29, 1.82) is 0 Å². The number of anilines is 1. The van der Waals surface area contributed by atoms with Crippen LogP contribution in [0.1, 0.15) is 53.7 Å². The number of carbonyl (C=O) groups is 1. The fourth-order valence-electron chi connectivity index (χ4n) is 2.57. The van der Waals surface area contributed by atoms with Gasteiger partial charge in [0.05, 0.1) is 5.56 Å². The van der Waals surface area contributed by atoms with Gasteiger partial charge >= 0.3 is 6.18 Å². The third kappa shape index (κ3) is 4.16. The fraction of sp³-hybridized carbons (Fsp3) is 0.316. The third-order valence-corrected chi connectivity index (χ3v) is 3.86. The van der Waals surface area contributed by atoms with Crippen LogP contribution in [0.15, 0.2) is 42.5 Å². The van der Waals surface area contributed by atoms with E-state index in [0.29, 0.717) is 11.6 Å². The second kappa shape index (κ2) is 7.07. The van der Waals surface area contributed by atoms with Crippen molar-refractivity contribution in [3.05, 3.63) is 64.7 Å². The first-order chi connectivity index (χ1) is 11.2. The molecule has 0 aliphatic carbocycles. The zero-order chi connectivity index (χ0) is 17.9. The van der Waals surface area contributed by atoms with Crippen LogP contribution in [0.25, 0.3) is 0 Å². The molecule has 2 aromatic rings. The molecule has 0 unspecified atom stereocenters. The summed E-state index contributed by atoms with van der Waals surface area (Å²) in [6.07, 6.45) is -3.58. The highest BCUT2D eigenvalue weighted by atomic mass is 19.4. The van der Waals surface area contributed by atoms with E-state index in [2.05, 4.69) is 26.1 Å². The third-order valence-electron chi connectivity index (χ3n) is 3.86. The van der Waals surface area contributed by atoms with Gasteiger partial charge in [-0.05, 0) is 53.8 Å². The number of alkyl halides is 3. The molecule has 0 saturated carbocycles. The number of nitrogens with one attached hydrogen (secondary N) is 1. The maximum Gasteiger partial charge on any atom is 0.416 e. The molecule has 0 aliphatic rings. The molecule has 0 spiro atoms. The van der Waals surface area contributed by atoms with Crippen molar-refractivity contribution < 1.29 is 18.0 Å². The van der Waals surface area contributed by atoms with Gasteiger partial charge in [-0.1, -0.05) is 32.9 Å². The fourth-order valence-corrected chi connectivity index (χ4v) is 2.57. The van der Waals surface area contributed by atoms with Gasteiger partial charge in [0.2, 0.25) is 0 Å². The van der Waals surface area contributed by atoms with Crippen molar-refractivity contribution in [3.8, 4) is 0 Å². The minimum atomic E-state index is -4.47. The summed E-state index contributed by atoms with van der Waals surface area (Å²) in [6.45, 7) is 6.18. The number of halogens is 3. The van der Waals surface area contributed by atoms with Gasteiger partial charge in [0.15, 0.2) is 0 Å². The lowest BCUT2D eigenvalue weighted by molar-refractivity contribution is -0.137. The second-order valence-electron chi connectivity index (χ2n) is 5.95. The molecular weight excluding hydrogens is 315 g/mol. The zero-order valence-corrected chi connectivity index (χ0v) is 13.9. The number of hydrogen-bond acceptors (Lipinski definition) is 1. The van der Waals surface area contributed by atoms with Crippen LogP contribution in [0.4, 0.5) is 18.9 Å². The van der Waals surface area contributed by atoms with E-state index in [1.54, 1.807) is 6.07 Å². The number of carbonyl (C=O) groups excluding carboxylic acids is 1. The zero-order valence-electron chi connectivity index (χ0n) is 13.9. The molecule has 5 heteroatoms. The topological polar surface area (TPSA) is 29.1 Å². The van der Waals surface area contributed by atoms with E-state index < -0.39 is 17.6 Å². The average molecular weight is 335 g/mol. The average Bonchev–Trinajstić information content (AvgIpc) is 2.54. The quantitative estimate of drug-likeness (QED) is 0.769. The molecule has 0 heterocycles. The van der Waals surface area contributed by atoms with Gasteiger partial charge in [-0.25, -0.2) is 0 Å². The highest BCUT2D eigenvalue weighted by Gasteiger charge is 2.30. The summed E-state index contributed by atoms with van der Waals surface area (Å²) in [6, 6.07) is 10.0. The predicted octanol–water partition coefficient (Wildman–Crippen LogP) is 5.64. The Hall–Kier alpha value is -2.30. The molecule has 24 heavy (non-hydrogen) atoms. The SMILES string of the molecule is CCc1ccc(NC(=O)c2cccc(C(F)(F)F)c2)cc1C(C)C. The molecule has 2 aromatic carbocycles. The standard InChI is InChI=1S/C19H20F3NO/c1-4-13-8-9-16(11-17(13)12(2)3)23-18(24)14-6-5-7-15(10-14)19(20,21)22/h5-12H,4H2,1-3H3,(H,23,24). The van der Waals surface area contributed by atoms with Gasteiger partial charge in [0.1, 0.15) is 0 Å². The predicted molar refractivity (Wildman–Crippen MR) is 89.3 cm³/mol. The van der Waals surface area contributed by atoms with Crippen molar-refractivity contribution in [2.75, 3.05) is 5.32 Å². The highest BCUT2D eigenvalue weighted by Crippen LogP contribution is 2.30. The number of amides is 1. The molecule has 0 fully saturated rings. The van der Waals surface area contributed by atoms with E-state index in [1.807, 2.05) is 12.1 Å². The monoisotopic (exact) mass is 335 g/mol. The van der Waals surface area contributed by atoms with Crippen LogP contribution in [0, 0.1) is 0 Å². The van der Waals surface area contributed by atoms with Gasteiger partial charge in [0, 0.05) is 11.3 Å². The van der Waals surface area contributed by atoms with Crippen molar-refractivity contribution in [2.24, 2.45) is 0 Å². The Morgan fingerprint density at radius 1 is 1.12 bits per heavy atom. The van der Waals surface area contributed by atoms with Gasteiger partial charge in [-0.3, -0.25) is 4.79 Å². The molecule has 2 nitrogen and oxygen atoms in total. The number of aryl methyl sites for hydroxylation is 1. The normalized spacial score (nSPS) is 11.6. The number of rotatable bonds is 4. The van der Waals surface area contributed by atoms with Crippen molar-refractivity contribution >= 4 is 11.6 Å². The van der Waals surface area contributed by atoms with E-state index in [9.17, 15) is 18.0 Å². The first-order valence-electron chi connectivity index (χ1n) is 7.83. The maximum absolute atomic E-state index is 12.8. The Morgan fingerprint density at radius 3 is 2.42 bits per heavy atom. The largest absolute Gasteiger partial charge is 0.416 e. The molecule has 0 aliphatic heterocycles. The van der Waals surface area contributed by atoms with Crippen molar-refractivity contribution in [1.82, 2.24) is 0 Å². The van der Waals surface area contributed by atoms with Gasteiger partial charge in [-0.15, -0.1) is 0 Å². The van der Waals surface area contributed by atoms with E-state index in [-0.39, 0.29) is 5.56 Å². The van der Waals surface area contributed by atoms with E-state index in [1.165, 1.54) is 17.7 Å². The maximum atomic E-state index is 12.8. The van der Waals surface area contributed by atoms with E-state index in [0.717, 1.165) is 24.1 Å². The first kappa shape index (κ1) is 18.0. The Bertz CT molecular complexity index is 736. The molecule has 0 bridgehead atoms. The lowest BCUT2D eigenvalue weighted by atomic mass is 9.95. The van der Waals surface area contributed by atoms with Crippen molar-refractivity contribution in [3.63, 3.8) is 0 Å². The van der Waals surface area contributed by atoms with E-state index >= 15 is 0 Å². The molecule has 0 radical (unpaired) electrons. The first-order valence-corrected chi connectivity index (χ1v) is 7.83. The summed E-state index contributed by atoms with van der Waals surface area (Å²) in [5.41, 5.74) is 2.05. The lowest BCUT2D eigenvalue weighted by Gasteiger charge is -2.14. The summed E-state index contributed by atoms with van der Waals surface area (Å²) in [4.78, 5) is 12.3. The lowest BCUT2D eigenvalue weighted by Crippen LogP contribution is -2.14. The van der Waals surface area contributed by atoms with Crippen LogP contribution in [0.2, 0.25) is 0 Å². The molecule has 2 rings (SSSR count). The summed E-state index contributed by atoms with van der Waals surface area (Å²) in [5.74, 6) is -0.259. The Labute approximate surface area is 139 Å². The Kier molecular flexibility index (Phi) is 5.32. The summed E-state index contributed by atoms with van der Waals surface area (Å²) in [7, 11) is 0. The summed E-state index contributed by atoms with van der Waals surface area (Å²) < 4.78 is 38.3. The van der Waals surface area contributed by atoms with Gasteiger partial charge < -0.3 is 5.32 Å². The Balaban J connectivity index is 2.26. The van der Waals surface area contributed by atoms with Gasteiger partial charge in [0.25, 0.3) is 5.91 Å². The van der Waals surface area contributed by atoms with Crippen LogP contribution < -0.4 is 5.32 Å². The highest BCUT2D eigenvalue weighted by molar-refractivity contribution is 6.04. The number of benzene rings is 2. The van der Waals surface area contributed by atoms with Gasteiger partial charge in [-0.2, -0.15) is 13.2 Å². The molecule has 1 amide bonds. The van der Waals surface area contributed by atoms with Crippen LogP contribution in [0.3, 0.4) is 0 Å². The molecule has 0 aromatic heterocycles. The minimum Gasteiger partial charge on any atom is -0.322 e. The summed E-state index contributed by atoms with van der Waals surface area (Å²) >= 11 is 0. The molecular formula is C19H20F3NO. The minimum absolute atomic E-state index is 0.0181. The Morgan fingerprint density at radius 2 is 1.83 bits per heavy atom. The summed E-state index contributed by atoms with van der Waals surface area (Å²) in [5, 5.41) is 2.68. The number of hydrogen-bond donors (Lipinski definition) is 1. The molecule has 1 N–H and O–H groups in total. The smallest absolute Gasteiger partial charge is 0.322 e. The second-order valence-corrected chi connectivity index (χ2v) is 5.95.